The van der Waals surface area contributed by atoms with Crippen molar-refractivity contribution >= 4 is 33.4 Å². The average Bonchev–Trinajstić information content (AvgIpc) is 2.67. The second-order valence-corrected chi connectivity index (χ2v) is 7.56. The molecule has 0 unspecified atom stereocenters. The van der Waals surface area contributed by atoms with Crippen LogP contribution in [0, 0.1) is 5.82 Å². The molecule has 3 rings (SSSR count). The van der Waals surface area contributed by atoms with Gasteiger partial charge in [-0.1, -0.05) is 30.3 Å². The molecule has 0 aromatic heterocycles. The minimum atomic E-state index is -3.72. The topological polar surface area (TPSA) is 75.3 Å². The van der Waals surface area contributed by atoms with Crippen LogP contribution in [0.25, 0.3) is 6.08 Å². The minimum Gasteiger partial charge on any atom is -0.323 e. The van der Waals surface area contributed by atoms with Crippen LogP contribution in [-0.4, -0.2) is 14.3 Å². The van der Waals surface area contributed by atoms with Crippen molar-refractivity contribution in [1.29, 1.82) is 0 Å². The van der Waals surface area contributed by atoms with Crippen molar-refractivity contribution in [2.24, 2.45) is 0 Å². The van der Waals surface area contributed by atoms with Crippen LogP contribution >= 0.6 is 0 Å². The van der Waals surface area contributed by atoms with Crippen LogP contribution in [0.2, 0.25) is 0 Å². The molecule has 28 heavy (non-hydrogen) atoms. The van der Waals surface area contributed by atoms with E-state index in [9.17, 15) is 17.6 Å². The Morgan fingerprint density at radius 3 is 2.25 bits per heavy atom. The molecule has 0 aliphatic heterocycles. The standard InChI is InChI=1S/C21H17FN2O3S/c22-17-6-4-5-16(15-17)9-14-21(25)23-18-10-12-20(13-11-18)28(26,27)24-19-7-2-1-3-8-19/h1-15,24H,(H,23,25)/b14-9+. The van der Waals surface area contributed by atoms with Crippen LogP contribution in [0.5, 0.6) is 0 Å². The van der Waals surface area contributed by atoms with Crippen molar-refractivity contribution in [3.8, 4) is 0 Å². The molecule has 0 saturated heterocycles. The summed E-state index contributed by atoms with van der Waals surface area (Å²) in [5.41, 5.74) is 1.46. The largest absolute Gasteiger partial charge is 0.323 e. The summed E-state index contributed by atoms with van der Waals surface area (Å²) in [5, 5.41) is 2.62. The van der Waals surface area contributed by atoms with Gasteiger partial charge in [0.25, 0.3) is 10.0 Å². The molecule has 0 bridgehead atoms. The number of sulfonamides is 1. The molecule has 0 heterocycles. The van der Waals surface area contributed by atoms with Crippen LogP contribution in [0.3, 0.4) is 0 Å². The van der Waals surface area contributed by atoms with Gasteiger partial charge < -0.3 is 5.32 Å². The average molecular weight is 396 g/mol. The van der Waals surface area contributed by atoms with Gasteiger partial charge in [-0.05, 0) is 60.2 Å². The van der Waals surface area contributed by atoms with E-state index >= 15 is 0 Å². The van der Waals surface area contributed by atoms with Crippen molar-refractivity contribution in [3.05, 3.63) is 96.3 Å². The Morgan fingerprint density at radius 1 is 0.857 bits per heavy atom. The molecule has 0 radical (unpaired) electrons. The number of halogens is 1. The minimum absolute atomic E-state index is 0.0738. The van der Waals surface area contributed by atoms with Crippen LogP contribution in [0.1, 0.15) is 5.56 Å². The maximum atomic E-state index is 13.1. The first-order valence-electron chi connectivity index (χ1n) is 8.35. The molecule has 0 spiro atoms. The Morgan fingerprint density at radius 2 is 1.57 bits per heavy atom. The zero-order valence-corrected chi connectivity index (χ0v) is 15.5. The first kappa shape index (κ1) is 19.3. The highest BCUT2D eigenvalue weighted by atomic mass is 32.2. The van der Waals surface area contributed by atoms with E-state index in [0.29, 0.717) is 16.9 Å². The lowest BCUT2D eigenvalue weighted by Crippen LogP contribution is -2.13. The van der Waals surface area contributed by atoms with E-state index in [1.807, 2.05) is 0 Å². The molecule has 0 aliphatic rings. The molecule has 0 fully saturated rings. The molecule has 0 atom stereocenters. The number of anilines is 2. The Labute approximate surface area is 162 Å². The van der Waals surface area contributed by atoms with E-state index in [2.05, 4.69) is 10.0 Å². The molecule has 2 N–H and O–H groups in total. The van der Waals surface area contributed by atoms with Gasteiger partial charge in [0.2, 0.25) is 5.91 Å². The number of carbonyl (C=O) groups is 1. The number of benzene rings is 3. The SMILES string of the molecule is O=C(/C=C/c1cccc(F)c1)Nc1ccc(S(=O)(=O)Nc2ccccc2)cc1. The molecule has 3 aromatic carbocycles. The van der Waals surface area contributed by atoms with Crippen LogP contribution in [0.15, 0.2) is 89.8 Å². The Hall–Kier alpha value is -3.45. The quantitative estimate of drug-likeness (QED) is 0.611. The number of para-hydroxylation sites is 1. The normalized spacial score (nSPS) is 11.3. The summed E-state index contributed by atoms with van der Waals surface area (Å²) in [6.07, 6.45) is 2.76. The summed E-state index contributed by atoms with van der Waals surface area (Å²) in [7, 11) is -3.72. The summed E-state index contributed by atoms with van der Waals surface area (Å²) >= 11 is 0. The molecule has 7 heteroatoms. The number of hydrogen-bond donors (Lipinski definition) is 2. The van der Waals surface area contributed by atoms with Crippen molar-refractivity contribution in [2.75, 3.05) is 10.0 Å². The molecule has 5 nitrogen and oxygen atoms in total. The van der Waals surface area contributed by atoms with Gasteiger partial charge in [-0.25, -0.2) is 12.8 Å². The lowest BCUT2D eigenvalue weighted by molar-refractivity contribution is -0.111. The van der Waals surface area contributed by atoms with E-state index in [1.54, 1.807) is 42.5 Å². The van der Waals surface area contributed by atoms with Crippen LogP contribution in [-0.2, 0) is 14.8 Å². The van der Waals surface area contributed by atoms with Crippen LogP contribution < -0.4 is 10.0 Å². The van der Waals surface area contributed by atoms with Gasteiger partial charge >= 0.3 is 0 Å². The Bertz CT molecular complexity index is 1100. The van der Waals surface area contributed by atoms with E-state index in [1.165, 1.54) is 48.6 Å². The summed E-state index contributed by atoms with van der Waals surface area (Å²) in [5.74, 6) is -0.800. The zero-order chi connectivity index (χ0) is 20.0. The fraction of sp³-hybridized carbons (Fsp3) is 0. The third kappa shape index (κ3) is 5.28. The maximum Gasteiger partial charge on any atom is 0.261 e. The zero-order valence-electron chi connectivity index (χ0n) is 14.7. The lowest BCUT2D eigenvalue weighted by atomic mass is 10.2. The second-order valence-electron chi connectivity index (χ2n) is 5.87. The molecule has 142 valence electrons. The summed E-state index contributed by atoms with van der Waals surface area (Å²) in [4.78, 5) is 12.0. The predicted octanol–water partition coefficient (Wildman–Crippen LogP) is 4.28. The Kier molecular flexibility index (Phi) is 5.86. The summed E-state index contributed by atoms with van der Waals surface area (Å²) < 4.78 is 40.4. The van der Waals surface area contributed by atoms with Gasteiger partial charge in [-0.15, -0.1) is 0 Å². The predicted molar refractivity (Wildman–Crippen MR) is 108 cm³/mol. The van der Waals surface area contributed by atoms with Gasteiger partial charge in [0.15, 0.2) is 0 Å². The van der Waals surface area contributed by atoms with Crippen molar-refractivity contribution < 1.29 is 17.6 Å². The van der Waals surface area contributed by atoms with Gasteiger partial charge in [0, 0.05) is 17.5 Å². The molecule has 0 saturated carbocycles. The van der Waals surface area contributed by atoms with E-state index in [-0.39, 0.29) is 10.7 Å². The number of rotatable bonds is 6. The number of amides is 1. The van der Waals surface area contributed by atoms with Gasteiger partial charge in [-0.3, -0.25) is 9.52 Å². The summed E-state index contributed by atoms with van der Waals surface area (Å²) in [6, 6.07) is 20.2. The maximum absolute atomic E-state index is 13.1. The molecular formula is C21H17FN2O3S. The lowest BCUT2D eigenvalue weighted by Gasteiger charge is -2.09. The number of hydrogen-bond acceptors (Lipinski definition) is 3. The van der Waals surface area contributed by atoms with Gasteiger partial charge in [0.05, 0.1) is 4.90 Å². The highest BCUT2D eigenvalue weighted by Gasteiger charge is 2.14. The first-order valence-corrected chi connectivity index (χ1v) is 9.83. The van der Waals surface area contributed by atoms with Crippen molar-refractivity contribution in [2.45, 2.75) is 4.90 Å². The number of carbonyl (C=O) groups excluding carboxylic acids is 1. The highest BCUT2D eigenvalue weighted by molar-refractivity contribution is 7.92. The van der Waals surface area contributed by atoms with E-state index in [4.69, 9.17) is 0 Å². The van der Waals surface area contributed by atoms with E-state index in [0.717, 1.165) is 0 Å². The highest BCUT2D eigenvalue weighted by Crippen LogP contribution is 2.18. The molecule has 0 aliphatic carbocycles. The van der Waals surface area contributed by atoms with E-state index < -0.39 is 15.9 Å². The third-order valence-electron chi connectivity index (χ3n) is 3.73. The smallest absolute Gasteiger partial charge is 0.261 e. The molecule has 1 amide bonds. The van der Waals surface area contributed by atoms with Gasteiger partial charge in [-0.2, -0.15) is 0 Å². The second kappa shape index (κ2) is 8.49. The third-order valence-corrected chi connectivity index (χ3v) is 5.13. The molecular weight excluding hydrogens is 379 g/mol. The fourth-order valence-electron chi connectivity index (χ4n) is 2.40. The first-order chi connectivity index (χ1) is 13.4. The van der Waals surface area contributed by atoms with Gasteiger partial charge in [0.1, 0.15) is 5.82 Å². The Balaban J connectivity index is 1.64. The number of nitrogens with one attached hydrogen (secondary N) is 2. The van der Waals surface area contributed by atoms with Crippen molar-refractivity contribution in [3.63, 3.8) is 0 Å². The van der Waals surface area contributed by atoms with Crippen LogP contribution in [0.4, 0.5) is 15.8 Å². The monoisotopic (exact) mass is 396 g/mol. The molecule has 3 aromatic rings. The fourth-order valence-corrected chi connectivity index (χ4v) is 3.46. The summed E-state index contributed by atoms with van der Waals surface area (Å²) in [6.45, 7) is 0. The van der Waals surface area contributed by atoms with Crippen molar-refractivity contribution in [1.82, 2.24) is 0 Å².